The number of thioether (sulfide) groups is 1. The predicted octanol–water partition coefficient (Wildman–Crippen LogP) is 3.96. The molecule has 3 heterocycles. The van der Waals surface area contributed by atoms with Gasteiger partial charge < -0.3 is 13.7 Å². The van der Waals surface area contributed by atoms with Crippen LogP contribution in [0.25, 0.3) is 11.1 Å². The molecular weight excluding hydrogens is 400 g/mol. The van der Waals surface area contributed by atoms with E-state index >= 15 is 0 Å². The third kappa shape index (κ3) is 3.75. The Morgan fingerprint density at radius 1 is 1.20 bits per heavy atom. The molecule has 154 valence electrons. The molecule has 0 saturated carbocycles. The molecule has 0 saturated heterocycles. The minimum Gasteiger partial charge on any atom is -0.467 e. The fourth-order valence-corrected chi connectivity index (χ4v) is 4.70. The zero-order valence-electron chi connectivity index (χ0n) is 16.7. The molecule has 1 aromatic carbocycles. The summed E-state index contributed by atoms with van der Waals surface area (Å²) >= 11 is 1.31. The summed E-state index contributed by atoms with van der Waals surface area (Å²) in [7, 11) is 1.98. The van der Waals surface area contributed by atoms with Gasteiger partial charge in [0.1, 0.15) is 11.3 Å². The van der Waals surface area contributed by atoms with Crippen LogP contribution in [0.5, 0.6) is 0 Å². The van der Waals surface area contributed by atoms with Crippen LogP contribution in [-0.4, -0.2) is 31.3 Å². The van der Waals surface area contributed by atoms with Crippen LogP contribution in [0.2, 0.25) is 0 Å². The van der Waals surface area contributed by atoms with Crippen molar-refractivity contribution in [3.05, 3.63) is 65.4 Å². The maximum absolute atomic E-state index is 13.1. The average Bonchev–Trinajstić information content (AvgIpc) is 3.52. The van der Waals surface area contributed by atoms with Gasteiger partial charge in [-0.2, -0.15) is 5.10 Å². The fourth-order valence-electron chi connectivity index (χ4n) is 3.96. The molecule has 4 aromatic rings. The number of carbonyl (C=O) groups is 1. The van der Waals surface area contributed by atoms with Gasteiger partial charge in [0.25, 0.3) is 5.22 Å². The fraction of sp³-hybridized carbons (Fsp3) is 0.318. The van der Waals surface area contributed by atoms with Crippen LogP contribution in [-0.2, 0) is 37.8 Å². The molecule has 0 N–H and O–H groups in total. The quantitative estimate of drug-likeness (QED) is 0.420. The number of aryl methyl sites for hydroxylation is 1. The molecule has 3 aromatic heterocycles. The lowest BCUT2D eigenvalue weighted by molar-refractivity contribution is -0.129. The number of nitrogens with zero attached hydrogens (tertiary/aromatic N) is 4. The maximum Gasteiger partial charge on any atom is 0.257 e. The molecule has 0 spiro atoms. The number of oxazole rings is 1. The van der Waals surface area contributed by atoms with E-state index in [1.54, 1.807) is 11.2 Å². The lowest BCUT2D eigenvalue weighted by Crippen LogP contribution is -2.32. The van der Waals surface area contributed by atoms with Crippen LogP contribution in [0.15, 0.2) is 56.7 Å². The van der Waals surface area contributed by atoms with E-state index in [0.29, 0.717) is 18.3 Å². The first kappa shape index (κ1) is 19.0. The van der Waals surface area contributed by atoms with Crippen molar-refractivity contribution in [2.75, 3.05) is 5.75 Å². The van der Waals surface area contributed by atoms with E-state index in [2.05, 4.69) is 10.1 Å². The van der Waals surface area contributed by atoms with Crippen LogP contribution in [0.1, 0.15) is 29.1 Å². The highest BCUT2D eigenvalue weighted by Crippen LogP contribution is 2.27. The van der Waals surface area contributed by atoms with E-state index in [4.69, 9.17) is 8.83 Å². The first-order valence-electron chi connectivity index (χ1n) is 9.99. The normalized spacial score (nSPS) is 13.1. The van der Waals surface area contributed by atoms with E-state index in [-0.39, 0.29) is 11.7 Å². The highest BCUT2D eigenvalue weighted by atomic mass is 32.2. The zero-order chi connectivity index (χ0) is 20.5. The Bertz CT molecular complexity index is 1150. The van der Waals surface area contributed by atoms with Crippen LogP contribution in [0, 0.1) is 0 Å². The van der Waals surface area contributed by atoms with Crippen LogP contribution in [0.3, 0.4) is 0 Å². The molecule has 5 rings (SSSR count). The third-order valence-electron chi connectivity index (χ3n) is 5.41. The smallest absolute Gasteiger partial charge is 0.257 e. The number of fused-ring (bicyclic) bond motifs is 2. The Kier molecular flexibility index (Phi) is 5.08. The molecule has 1 aliphatic carbocycles. The average molecular weight is 423 g/mol. The molecule has 0 unspecified atom stereocenters. The number of para-hydroxylation sites is 2. The predicted molar refractivity (Wildman–Crippen MR) is 113 cm³/mol. The summed E-state index contributed by atoms with van der Waals surface area (Å²) in [6, 6.07) is 11.3. The van der Waals surface area contributed by atoms with Gasteiger partial charge in [0.05, 0.1) is 30.8 Å². The van der Waals surface area contributed by atoms with Crippen LogP contribution < -0.4 is 0 Å². The van der Waals surface area contributed by atoms with Gasteiger partial charge in [-0.05, 0) is 49.1 Å². The van der Waals surface area contributed by atoms with Crippen molar-refractivity contribution in [1.82, 2.24) is 19.7 Å². The molecular formula is C22H22N4O3S. The Morgan fingerprint density at radius 3 is 2.93 bits per heavy atom. The number of furan rings is 1. The van der Waals surface area contributed by atoms with E-state index in [1.165, 1.54) is 23.0 Å². The number of rotatable bonds is 7. The molecule has 8 heteroatoms. The van der Waals surface area contributed by atoms with E-state index < -0.39 is 0 Å². The number of amides is 1. The summed E-state index contributed by atoms with van der Waals surface area (Å²) in [6.45, 7) is 0.877. The number of hydrogen-bond acceptors (Lipinski definition) is 6. The number of aromatic nitrogens is 3. The van der Waals surface area contributed by atoms with Crippen LogP contribution >= 0.6 is 11.8 Å². The molecule has 1 amide bonds. The third-order valence-corrected chi connectivity index (χ3v) is 6.22. The van der Waals surface area contributed by atoms with Crippen LogP contribution in [0.4, 0.5) is 0 Å². The van der Waals surface area contributed by atoms with Gasteiger partial charge in [-0.1, -0.05) is 23.9 Å². The lowest BCUT2D eigenvalue weighted by Gasteiger charge is -2.21. The summed E-state index contributed by atoms with van der Waals surface area (Å²) < 4.78 is 13.2. The van der Waals surface area contributed by atoms with Crippen molar-refractivity contribution in [3.63, 3.8) is 0 Å². The van der Waals surface area contributed by atoms with Gasteiger partial charge in [0, 0.05) is 12.7 Å². The Hall–Kier alpha value is -3.00. The van der Waals surface area contributed by atoms with Crippen molar-refractivity contribution < 1.29 is 13.6 Å². The van der Waals surface area contributed by atoms with Gasteiger partial charge in [0.2, 0.25) is 5.91 Å². The molecule has 0 radical (unpaired) electrons. The van der Waals surface area contributed by atoms with Crippen molar-refractivity contribution in [3.8, 4) is 0 Å². The van der Waals surface area contributed by atoms with Crippen molar-refractivity contribution in [2.24, 2.45) is 7.05 Å². The highest BCUT2D eigenvalue weighted by molar-refractivity contribution is 7.99. The second-order valence-electron chi connectivity index (χ2n) is 7.41. The second-order valence-corrected chi connectivity index (χ2v) is 8.34. The van der Waals surface area contributed by atoms with Crippen molar-refractivity contribution in [2.45, 2.75) is 37.6 Å². The summed E-state index contributed by atoms with van der Waals surface area (Å²) in [4.78, 5) is 19.4. The first-order chi connectivity index (χ1) is 14.7. The summed E-state index contributed by atoms with van der Waals surface area (Å²) in [5, 5.41) is 5.19. The molecule has 1 aliphatic rings. The first-order valence-corrected chi connectivity index (χ1v) is 11.0. The van der Waals surface area contributed by atoms with Gasteiger partial charge in [0.15, 0.2) is 5.58 Å². The number of carbonyl (C=O) groups excluding carboxylic acids is 1. The van der Waals surface area contributed by atoms with Gasteiger partial charge in [-0.3, -0.25) is 9.48 Å². The van der Waals surface area contributed by atoms with Gasteiger partial charge in [-0.15, -0.1) is 0 Å². The van der Waals surface area contributed by atoms with Crippen molar-refractivity contribution >= 4 is 28.8 Å². The Balaban J connectivity index is 1.33. The van der Waals surface area contributed by atoms with Crippen molar-refractivity contribution in [1.29, 1.82) is 0 Å². The van der Waals surface area contributed by atoms with Gasteiger partial charge >= 0.3 is 0 Å². The minimum atomic E-state index is -0.00365. The summed E-state index contributed by atoms with van der Waals surface area (Å²) in [6.07, 6.45) is 4.86. The molecule has 0 bridgehead atoms. The molecule has 30 heavy (non-hydrogen) atoms. The number of hydrogen-bond donors (Lipinski definition) is 0. The van der Waals surface area contributed by atoms with E-state index in [1.807, 2.05) is 48.1 Å². The number of benzene rings is 1. The second kappa shape index (κ2) is 8.02. The summed E-state index contributed by atoms with van der Waals surface area (Å²) in [5.41, 5.74) is 5.09. The lowest BCUT2D eigenvalue weighted by atomic mass is 10.2. The zero-order valence-corrected chi connectivity index (χ0v) is 17.5. The standard InChI is InChI=1S/C22H22N4O3S/c1-25-19-9-4-7-16(19)18(24-25)13-26(12-15-6-5-11-28-15)21(27)14-30-22-23-17-8-2-3-10-20(17)29-22/h2-3,5-6,8,10-11H,4,7,9,12-14H2,1H3. The van der Waals surface area contributed by atoms with E-state index in [9.17, 15) is 4.79 Å². The summed E-state index contributed by atoms with van der Waals surface area (Å²) in [5.74, 6) is 0.988. The molecule has 0 atom stereocenters. The largest absolute Gasteiger partial charge is 0.467 e. The molecule has 7 nitrogen and oxygen atoms in total. The monoisotopic (exact) mass is 422 g/mol. The minimum absolute atomic E-state index is 0.00365. The van der Waals surface area contributed by atoms with Gasteiger partial charge in [-0.25, -0.2) is 4.98 Å². The Labute approximate surface area is 178 Å². The molecule has 0 aliphatic heterocycles. The SMILES string of the molecule is Cn1nc(CN(Cc2ccco2)C(=O)CSc2nc3ccccc3o2)c2c1CCC2. The Morgan fingerprint density at radius 2 is 2.10 bits per heavy atom. The van der Waals surface area contributed by atoms with E-state index in [0.717, 1.165) is 41.8 Å². The molecule has 0 fully saturated rings. The highest BCUT2D eigenvalue weighted by Gasteiger charge is 2.25. The maximum atomic E-state index is 13.1. The topological polar surface area (TPSA) is 77.3 Å².